The summed E-state index contributed by atoms with van der Waals surface area (Å²) in [5, 5.41) is 0. The van der Waals surface area contributed by atoms with E-state index >= 15 is 0 Å². The summed E-state index contributed by atoms with van der Waals surface area (Å²) in [6, 6.07) is 10.5. The zero-order valence-corrected chi connectivity index (χ0v) is 14.0. The molecule has 2 N–H and O–H groups in total. The number of para-hydroxylation sites is 1. The van der Waals surface area contributed by atoms with E-state index < -0.39 is 11.3 Å². The first-order valence-corrected chi connectivity index (χ1v) is 8.66. The lowest BCUT2D eigenvalue weighted by molar-refractivity contribution is 0.0989. The highest BCUT2D eigenvalue weighted by Crippen LogP contribution is 2.29. The summed E-state index contributed by atoms with van der Waals surface area (Å²) in [5.41, 5.74) is 2.14. The summed E-state index contributed by atoms with van der Waals surface area (Å²) in [5.74, 6) is 0. The van der Waals surface area contributed by atoms with Crippen molar-refractivity contribution in [1.82, 2.24) is 4.98 Å². The molecule has 1 aliphatic rings. The second kappa shape index (κ2) is 7.16. The number of hydrogen-bond donors (Lipinski definition) is 2. The van der Waals surface area contributed by atoms with Crippen LogP contribution in [0.15, 0.2) is 41.2 Å². The molecule has 3 rings (SSSR count). The van der Waals surface area contributed by atoms with Gasteiger partial charge in [0.05, 0.1) is 24.6 Å². The van der Waals surface area contributed by atoms with Gasteiger partial charge in [0, 0.05) is 41.2 Å². The monoisotopic (exact) mass is 348 g/mol. The zero-order valence-electron chi connectivity index (χ0n) is 13.2. The third-order valence-electron chi connectivity index (χ3n) is 3.94. The van der Waals surface area contributed by atoms with Crippen molar-refractivity contribution in [2.24, 2.45) is 0 Å². The van der Waals surface area contributed by atoms with Crippen LogP contribution in [0.25, 0.3) is 11.3 Å². The predicted molar refractivity (Wildman–Crippen MR) is 92.7 cm³/mol. The summed E-state index contributed by atoms with van der Waals surface area (Å²) < 4.78 is 29.7. The molecule has 0 saturated carbocycles. The van der Waals surface area contributed by atoms with E-state index in [4.69, 9.17) is 4.74 Å². The van der Waals surface area contributed by atoms with Crippen LogP contribution in [-0.2, 0) is 16.0 Å². The summed E-state index contributed by atoms with van der Waals surface area (Å²) in [6.45, 7) is 3.96. The van der Waals surface area contributed by atoms with Crippen molar-refractivity contribution in [2.75, 3.05) is 29.4 Å². The minimum Gasteiger partial charge on any atom is -0.755 e. The van der Waals surface area contributed by atoms with Gasteiger partial charge in [0.1, 0.15) is 0 Å². The van der Waals surface area contributed by atoms with Gasteiger partial charge in [-0.15, -0.1) is 0 Å². The first-order chi connectivity index (χ1) is 11.5. The fourth-order valence-electron chi connectivity index (χ4n) is 2.85. The maximum Gasteiger partial charge on any atom is 0.250 e. The lowest BCUT2D eigenvalue weighted by Gasteiger charge is -2.35. The molecule has 24 heavy (non-hydrogen) atoms. The van der Waals surface area contributed by atoms with Crippen molar-refractivity contribution in [1.29, 1.82) is 0 Å². The van der Waals surface area contributed by atoms with E-state index in [1.165, 1.54) is 0 Å². The Morgan fingerprint density at radius 3 is 2.92 bits per heavy atom. The molecule has 0 radical (unpaired) electrons. The topological polar surface area (TPSA) is 97.5 Å². The van der Waals surface area contributed by atoms with Crippen molar-refractivity contribution in [3.8, 4) is 11.3 Å². The second-order valence-corrected chi connectivity index (χ2v) is 6.29. The van der Waals surface area contributed by atoms with Gasteiger partial charge in [-0.05, 0) is 19.1 Å². The minimum absolute atomic E-state index is 0.163. The molecule has 1 fully saturated rings. The summed E-state index contributed by atoms with van der Waals surface area (Å²) >= 11 is -2.44. The molecule has 1 aromatic heterocycles. The number of hydrogen-bond acceptors (Lipinski definition) is 5. The average molecular weight is 348 g/mol. The van der Waals surface area contributed by atoms with Crippen LogP contribution < -0.4 is 15.2 Å². The van der Waals surface area contributed by atoms with Gasteiger partial charge in [0.15, 0.2) is 0 Å². The van der Waals surface area contributed by atoms with Gasteiger partial charge in [-0.2, -0.15) is 0 Å². The van der Waals surface area contributed by atoms with Crippen LogP contribution in [0.4, 0.5) is 11.4 Å². The van der Waals surface area contributed by atoms with E-state index in [-0.39, 0.29) is 11.6 Å². The Bertz CT molecular complexity index is 808. The Kier molecular flexibility index (Phi) is 4.98. The molecule has 1 aromatic carbocycles. The van der Waals surface area contributed by atoms with E-state index in [9.17, 15) is 13.6 Å². The number of morpholine rings is 1. The lowest BCUT2D eigenvalue weighted by Crippen LogP contribution is -2.44. The summed E-state index contributed by atoms with van der Waals surface area (Å²) in [4.78, 5) is 17.0. The van der Waals surface area contributed by atoms with Crippen LogP contribution in [0.1, 0.15) is 6.92 Å². The molecule has 2 aromatic rings. The van der Waals surface area contributed by atoms with Gasteiger partial charge in [0.2, 0.25) is 5.56 Å². The van der Waals surface area contributed by atoms with Gasteiger partial charge in [-0.3, -0.25) is 9.00 Å². The quantitative estimate of drug-likeness (QED) is 0.816. The van der Waals surface area contributed by atoms with Crippen LogP contribution in [0.3, 0.4) is 0 Å². The number of aromatic nitrogens is 1. The number of nitrogens with one attached hydrogen (secondary N) is 2. The molecule has 0 bridgehead atoms. The molecular weight excluding hydrogens is 330 g/mol. The van der Waals surface area contributed by atoms with E-state index in [0.29, 0.717) is 36.7 Å². The highest BCUT2D eigenvalue weighted by molar-refractivity contribution is 7.80. The number of ether oxygens (including phenoxy) is 1. The predicted octanol–water partition coefficient (Wildman–Crippen LogP) is 1.47. The van der Waals surface area contributed by atoms with E-state index in [2.05, 4.69) is 14.6 Å². The molecule has 1 saturated heterocycles. The highest BCUT2D eigenvalue weighted by atomic mass is 32.2. The molecule has 8 heteroatoms. The van der Waals surface area contributed by atoms with Crippen LogP contribution in [0.2, 0.25) is 0 Å². The molecule has 128 valence electrons. The Balaban J connectivity index is 2.04. The van der Waals surface area contributed by atoms with Gasteiger partial charge >= 0.3 is 0 Å². The third-order valence-corrected chi connectivity index (χ3v) is 4.33. The summed E-state index contributed by atoms with van der Waals surface area (Å²) in [7, 11) is 0. The highest BCUT2D eigenvalue weighted by Gasteiger charge is 2.20. The summed E-state index contributed by atoms with van der Waals surface area (Å²) in [6.07, 6.45) is 0. The number of aromatic amines is 1. The Morgan fingerprint density at radius 2 is 2.17 bits per heavy atom. The fourth-order valence-corrected chi connectivity index (χ4v) is 3.20. The first-order valence-electron chi connectivity index (χ1n) is 7.58. The lowest BCUT2D eigenvalue weighted by atomic mass is 10.1. The zero-order chi connectivity index (χ0) is 17.1. The molecule has 7 nitrogen and oxygen atoms in total. The van der Waals surface area contributed by atoms with E-state index in [0.717, 1.165) is 5.69 Å². The van der Waals surface area contributed by atoms with Crippen LogP contribution in [0, 0.1) is 0 Å². The largest absolute Gasteiger partial charge is 0.755 e. The molecular formula is C16H18N3O4S-. The standard InChI is InChI=1S/C16H19N3O4S/c1-11-10-23-7-6-19(11)12-8-15(17-16(20)9-12)13-4-2-3-5-14(13)18-24(21)22/h2-5,8-9,11,18H,6-7,10H2,1H3,(H,17,20)(H,21,22)/p-1/t11-/m1/s1. The molecule has 1 aliphatic heterocycles. The van der Waals surface area contributed by atoms with Gasteiger partial charge in [-0.25, -0.2) is 0 Å². The Hall–Kier alpha value is -2.16. The molecule has 0 aliphatic carbocycles. The van der Waals surface area contributed by atoms with Crippen molar-refractivity contribution >= 4 is 22.6 Å². The maximum atomic E-state index is 12.1. The smallest absolute Gasteiger partial charge is 0.250 e. The fraction of sp³-hybridized carbons (Fsp3) is 0.312. The van der Waals surface area contributed by atoms with Crippen LogP contribution in [0.5, 0.6) is 0 Å². The van der Waals surface area contributed by atoms with Gasteiger partial charge in [0.25, 0.3) is 0 Å². The van der Waals surface area contributed by atoms with Crippen LogP contribution >= 0.6 is 0 Å². The third kappa shape index (κ3) is 3.66. The second-order valence-electron chi connectivity index (χ2n) is 5.62. The molecule has 1 unspecified atom stereocenters. The van der Waals surface area contributed by atoms with E-state index in [1.54, 1.807) is 30.3 Å². The van der Waals surface area contributed by atoms with Gasteiger partial charge in [-0.1, -0.05) is 18.2 Å². The van der Waals surface area contributed by atoms with Crippen LogP contribution in [-0.4, -0.2) is 39.5 Å². The normalized spacial score (nSPS) is 19.1. The molecule has 2 heterocycles. The number of benzene rings is 1. The van der Waals surface area contributed by atoms with Crippen molar-refractivity contribution in [3.05, 3.63) is 46.8 Å². The molecule has 2 atom stereocenters. The maximum absolute atomic E-state index is 12.1. The molecule has 0 spiro atoms. The Labute approximate surface area is 142 Å². The number of H-pyrrole nitrogens is 1. The average Bonchev–Trinajstić information content (AvgIpc) is 2.54. The van der Waals surface area contributed by atoms with E-state index in [1.807, 2.05) is 13.0 Å². The number of nitrogens with zero attached hydrogens (tertiary/aromatic N) is 1. The van der Waals surface area contributed by atoms with Crippen molar-refractivity contribution in [3.63, 3.8) is 0 Å². The SMILES string of the molecule is C[C@@H]1COCCN1c1cc(-c2ccccc2NS(=O)[O-])[nH]c(=O)c1. The first kappa shape index (κ1) is 16.7. The number of rotatable bonds is 4. The van der Waals surface area contributed by atoms with Crippen molar-refractivity contribution < 1.29 is 13.5 Å². The Morgan fingerprint density at radius 1 is 1.38 bits per heavy atom. The minimum atomic E-state index is -2.44. The number of pyridine rings is 1. The van der Waals surface area contributed by atoms with Crippen molar-refractivity contribution in [2.45, 2.75) is 13.0 Å². The molecule has 0 amide bonds. The number of anilines is 2. The van der Waals surface area contributed by atoms with Gasteiger partial charge < -0.3 is 23.9 Å².